The van der Waals surface area contributed by atoms with Gasteiger partial charge in [-0.2, -0.15) is 13.2 Å². The van der Waals surface area contributed by atoms with Crippen molar-refractivity contribution in [1.82, 2.24) is 4.90 Å². The predicted molar refractivity (Wildman–Crippen MR) is 119 cm³/mol. The monoisotopic (exact) mass is 495 g/mol. The van der Waals surface area contributed by atoms with Gasteiger partial charge < -0.3 is 4.90 Å². The van der Waals surface area contributed by atoms with E-state index in [4.69, 9.17) is 0 Å². The number of hydrogen-bond acceptors (Lipinski definition) is 1. The number of alkyl halides is 5. The normalized spacial score (nSPS) is 29.7. The van der Waals surface area contributed by atoms with Gasteiger partial charge in [-0.25, -0.2) is 13.2 Å². The molecule has 2 nitrogen and oxygen atoms in total. The number of carbonyl (C=O) groups excluding carboxylic acids is 1. The van der Waals surface area contributed by atoms with Crippen LogP contribution in [0, 0.1) is 11.7 Å². The zero-order valence-corrected chi connectivity index (χ0v) is 19.3. The van der Waals surface area contributed by atoms with Gasteiger partial charge in [0.1, 0.15) is 12.0 Å². The van der Waals surface area contributed by atoms with Crippen LogP contribution in [0.4, 0.5) is 26.3 Å². The molecule has 2 aliphatic carbocycles. The van der Waals surface area contributed by atoms with Crippen molar-refractivity contribution in [1.29, 1.82) is 0 Å². The number of amides is 1. The summed E-state index contributed by atoms with van der Waals surface area (Å²) in [6, 6.07) is 9.96. The van der Waals surface area contributed by atoms with Gasteiger partial charge in [-0.3, -0.25) is 4.79 Å². The quantitative estimate of drug-likeness (QED) is 0.453. The fourth-order valence-electron chi connectivity index (χ4n) is 6.24. The molecule has 188 valence electrons. The molecule has 0 bridgehead atoms. The molecule has 2 aromatic carbocycles. The third-order valence-corrected chi connectivity index (χ3v) is 8.36. The predicted octanol–water partition coefficient (Wildman–Crippen LogP) is 6.35. The summed E-state index contributed by atoms with van der Waals surface area (Å²) in [5.74, 6) is -0.785. The Hall–Kier alpha value is -2.51. The molecule has 2 aromatic rings. The van der Waals surface area contributed by atoms with Gasteiger partial charge >= 0.3 is 6.18 Å². The number of carbonyl (C=O) groups is 1. The highest BCUT2D eigenvalue weighted by Crippen LogP contribution is 2.51. The third kappa shape index (κ3) is 3.93. The number of nitrogens with zero attached hydrogens (tertiary/aromatic N) is 1. The maximum Gasteiger partial charge on any atom is 0.426 e. The number of likely N-dealkylation sites (tertiary alicyclic amines) is 1. The second kappa shape index (κ2) is 8.27. The maximum atomic E-state index is 14.7. The molecule has 2 fully saturated rings. The molecule has 1 amide bonds. The molecule has 1 saturated carbocycles. The topological polar surface area (TPSA) is 20.3 Å². The smallest absolute Gasteiger partial charge is 0.339 e. The highest BCUT2D eigenvalue weighted by Gasteiger charge is 2.56. The summed E-state index contributed by atoms with van der Waals surface area (Å²) in [6.45, 7) is 0.990. The number of benzene rings is 2. The fraction of sp³-hybridized carbons (Fsp3) is 0.519. The van der Waals surface area contributed by atoms with Crippen LogP contribution in [0.5, 0.6) is 0 Å². The molecule has 1 unspecified atom stereocenters. The zero-order chi connectivity index (χ0) is 25.2. The van der Waals surface area contributed by atoms with Gasteiger partial charge in [0, 0.05) is 23.9 Å². The van der Waals surface area contributed by atoms with Crippen molar-refractivity contribution < 1.29 is 31.1 Å². The molecule has 5 rings (SSSR count). The largest absolute Gasteiger partial charge is 0.426 e. The van der Waals surface area contributed by atoms with Gasteiger partial charge in [-0.05, 0) is 79.8 Å². The molecule has 0 N–H and O–H groups in total. The van der Waals surface area contributed by atoms with Gasteiger partial charge in [0.05, 0.1) is 0 Å². The molecule has 0 spiro atoms. The Morgan fingerprint density at radius 2 is 1.77 bits per heavy atom. The lowest BCUT2D eigenvalue weighted by Crippen LogP contribution is -2.52. The van der Waals surface area contributed by atoms with Crippen molar-refractivity contribution >= 4 is 5.91 Å². The van der Waals surface area contributed by atoms with Crippen LogP contribution in [0.2, 0.25) is 0 Å². The minimum absolute atomic E-state index is 0.0710. The van der Waals surface area contributed by atoms with Crippen molar-refractivity contribution in [3.63, 3.8) is 0 Å². The summed E-state index contributed by atoms with van der Waals surface area (Å²) in [7, 11) is 0. The van der Waals surface area contributed by atoms with Crippen LogP contribution in [0.15, 0.2) is 42.5 Å². The minimum Gasteiger partial charge on any atom is -0.339 e. The van der Waals surface area contributed by atoms with E-state index in [9.17, 15) is 31.1 Å². The van der Waals surface area contributed by atoms with Crippen molar-refractivity contribution in [3.8, 4) is 0 Å². The van der Waals surface area contributed by atoms with Crippen molar-refractivity contribution in [2.75, 3.05) is 6.54 Å². The lowest BCUT2D eigenvalue weighted by atomic mass is 9.63. The van der Waals surface area contributed by atoms with E-state index in [1.165, 1.54) is 24.3 Å². The van der Waals surface area contributed by atoms with E-state index in [0.717, 1.165) is 11.1 Å². The first-order valence-corrected chi connectivity index (χ1v) is 12.0. The number of fused-ring (bicyclic) bond motifs is 3. The Bertz CT molecular complexity index is 1120. The second-order valence-corrected chi connectivity index (χ2v) is 10.4. The average molecular weight is 496 g/mol. The van der Waals surface area contributed by atoms with E-state index < -0.39 is 29.0 Å². The molecular formula is C27H27F6NO. The maximum absolute atomic E-state index is 14.7. The van der Waals surface area contributed by atoms with Crippen molar-refractivity contribution in [2.45, 2.75) is 74.9 Å². The summed E-state index contributed by atoms with van der Waals surface area (Å²) < 4.78 is 81.8. The molecule has 1 heterocycles. The summed E-state index contributed by atoms with van der Waals surface area (Å²) in [4.78, 5) is 15.0. The SMILES string of the molecule is CC(F)(c1ccc2c(c1)CC[C@H]1N(C(=O)C3CC(F)C3)CC[C@@]21Cc1ccc(F)cc1)C(F)(F)F. The third-order valence-electron chi connectivity index (χ3n) is 8.36. The highest BCUT2D eigenvalue weighted by atomic mass is 19.4. The molecule has 3 aliphatic rings. The van der Waals surface area contributed by atoms with Crippen LogP contribution < -0.4 is 0 Å². The second-order valence-electron chi connectivity index (χ2n) is 10.4. The molecule has 8 heteroatoms. The van der Waals surface area contributed by atoms with Crippen LogP contribution in [-0.4, -0.2) is 35.7 Å². The molecule has 1 saturated heterocycles. The Labute approximate surface area is 200 Å². The number of aryl methyl sites for hydroxylation is 1. The van der Waals surface area contributed by atoms with E-state index >= 15 is 0 Å². The number of rotatable bonds is 4. The molecular weight excluding hydrogens is 468 g/mol. The zero-order valence-electron chi connectivity index (χ0n) is 19.3. The van der Waals surface area contributed by atoms with Crippen LogP contribution in [0.3, 0.4) is 0 Å². The number of hydrogen-bond donors (Lipinski definition) is 0. The number of halogens is 6. The Morgan fingerprint density at radius 1 is 1.09 bits per heavy atom. The van der Waals surface area contributed by atoms with E-state index in [2.05, 4.69) is 0 Å². The van der Waals surface area contributed by atoms with Gasteiger partial charge in [-0.15, -0.1) is 0 Å². The van der Waals surface area contributed by atoms with Crippen molar-refractivity contribution in [2.24, 2.45) is 5.92 Å². The van der Waals surface area contributed by atoms with E-state index in [1.807, 2.05) is 4.90 Å². The minimum atomic E-state index is -5.04. The van der Waals surface area contributed by atoms with Gasteiger partial charge in [-0.1, -0.05) is 30.3 Å². The van der Waals surface area contributed by atoms with E-state index in [0.29, 0.717) is 44.7 Å². The molecule has 3 atom stereocenters. The lowest BCUT2D eigenvalue weighted by molar-refractivity contribution is -0.228. The Morgan fingerprint density at radius 3 is 2.40 bits per heavy atom. The summed E-state index contributed by atoms with van der Waals surface area (Å²) in [6.07, 6.45) is -3.58. The summed E-state index contributed by atoms with van der Waals surface area (Å²) in [5, 5.41) is 0. The fourth-order valence-corrected chi connectivity index (χ4v) is 6.24. The Balaban J connectivity index is 1.55. The first-order valence-electron chi connectivity index (χ1n) is 12.0. The van der Waals surface area contributed by atoms with Crippen molar-refractivity contribution in [3.05, 3.63) is 70.5 Å². The van der Waals surface area contributed by atoms with Crippen LogP contribution in [0.1, 0.15) is 54.9 Å². The average Bonchev–Trinajstić information content (AvgIpc) is 3.16. The standard InChI is InChI=1S/C27H27F6NO/c1-25(30,27(31,32)33)19-5-8-22-17(12-19)4-9-23-26(22,15-16-2-6-20(28)7-3-16)10-11-34(23)24(35)18-13-21(29)14-18/h2-3,5-8,12,18,21,23H,4,9-11,13-15H2,1H3/t18?,21?,23-,25?,26-/m1/s1. The summed E-state index contributed by atoms with van der Waals surface area (Å²) in [5.41, 5.74) is -2.20. The summed E-state index contributed by atoms with van der Waals surface area (Å²) >= 11 is 0. The van der Waals surface area contributed by atoms with E-state index in [1.54, 1.807) is 18.2 Å². The highest BCUT2D eigenvalue weighted by molar-refractivity contribution is 5.81. The first-order chi connectivity index (χ1) is 16.4. The van der Waals surface area contributed by atoms with Gasteiger partial charge in [0.25, 0.3) is 0 Å². The molecule has 35 heavy (non-hydrogen) atoms. The van der Waals surface area contributed by atoms with Crippen LogP contribution >= 0.6 is 0 Å². The molecule has 1 aliphatic heterocycles. The first kappa shape index (κ1) is 24.2. The van der Waals surface area contributed by atoms with E-state index in [-0.39, 0.29) is 36.5 Å². The van der Waals surface area contributed by atoms with Gasteiger partial charge in [0.15, 0.2) is 0 Å². The van der Waals surface area contributed by atoms with Crippen LogP contribution in [0.25, 0.3) is 0 Å². The molecule has 0 aromatic heterocycles. The lowest BCUT2D eigenvalue weighted by Gasteiger charge is -2.45. The van der Waals surface area contributed by atoms with Gasteiger partial charge in [0.2, 0.25) is 11.6 Å². The van der Waals surface area contributed by atoms with Crippen LogP contribution in [-0.2, 0) is 28.7 Å². The Kier molecular flexibility index (Phi) is 5.72. The molecule has 0 radical (unpaired) electrons.